The summed E-state index contributed by atoms with van der Waals surface area (Å²) in [6, 6.07) is 8.82. The molecule has 0 aliphatic rings. The van der Waals surface area contributed by atoms with Crippen molar-refractivity contribution in [1.82, 2.24) is 0 Å². The molecule has 0 aliphatic heterocycles. The fraction of sp³-hybridized carbons (Fsp3) is 0. The Morgan fingerprint density at radius 3 is 2.62 bits per heavy atom. The van der Waals surface area contributed by atoms with E-state index in [1.165, 1.54) is 24.5 Å². The van der Waals surface area contributed by atoms with Crippen LogP contribution in [0.1, 0.15) is 20.2 Å². The number of carbonyl (C=O) groups excluding carboxylic acids is 2. The van der Waals surface area contributed by atoms with Crippen molar-refractivity contribution in [3.05, 3.63) is 75.3 Å². The number of rotatable bonds is 5. The third kappa shape index (κ3) is 3.75. The zero-order valence-electron chi connectivity index (χ0n) is 12.9. The van der Waals surface area contributed by atoms with Crippen LogP contribution in [-0.2, 0) is 0 Å². The lowest BCUT2D eigenvalue weighted by Crippen LogP contribution is -2.12. The maximum Gasteiger partial charge on any atom is 0.291 e. The van der Waals surface area contributed by atoms with Gasteiger partial charge in [0.25, 0.3) is 17.5 Å². The molecule has 10 heteroatoms. The SMILES string of the molecule is O=C(Nc1ccc(C(=O)Nc2cc([N+](=O)[O-])ccc2F)s1)c1ccco1. The molecular weight excluding hydrogens is 365 g/mol. The standard InChI is InChI=1S/C16H10FN3O5S/c17-10-4-3-9(20(23)24)8-11(10)18-16(22)13-5-6-14(26-13)19-15(21)12-2-1-7-25-12/h1-8H,(H,18,22)(H,19,21). The number of nitro groups is 1. The lowest BCUT2D eigenvalue weighted by molar-refractivity contribution is -0.384. The Labute approximate surface area is 149 Å². The van der Waals surface area contributed by atoms with E-state index in [0.29, 0.717) is 5.00 Å². The molecule has 0 unspecified atom stereocenters. The van der Waals surface area contributed by atoms with Gasteiger partial charge >= 0.3 is 0 Å². The van der Waals surface area contributed by atoms with Crippen LogP contribution in [0, 0.1) is 15.9 Å². The number of anilines is 2. The molecule has 0 bridgehead atoms. The summed E-state index contributed by atoms with van der Waals surface area (Å²) in [4.78, 5) is 34.3. The van der Waals surface area contributed by atoms with Crippen LogP contribution in [0.5, 0.6) is 0 Å². The molecule has 132 valence electrons. The van der Waals surface area contributed by atoms with Gasteiger partial charge in [0, 0.05) is 12.1 Å². The Kier molecular flexibility index (Phi) is 4.76. The summed E-state index contributed by atoms with van der Waals surface area (Å²) in [5.74, 6) is -1.82. The molecule has 0 saturated heterocycles. The van der Waals surface area contributed by atoms with E-state index in [1.54, 1.807) is 6.07 Å². The third-order valence-corrected chi connectivity index (χ3v) is 4.22. The number of hydrogen-bond donors (Lipinski definition) is 2. The van der Waals surface area contributed by atoms with E-state index in [2.05, 4.69) is 10.6 Å². The molecule has 2 N–H and O–H groups in total. The van der Waals surface area contributed by atoms with Crippen molar-refractivity contribution >= 4 is 39.5 Å². The summed E-state index contributed by atoms with van der Waals surface area (Å²) in [5.41, 5.74) is -0.655. The van der Waals surface area contributed by atoms with Crippen LogP contribution in [0.4, 0.5) is 20.8 Å². The van der Waals surface area contributed by atoms with E-state index in [0.717, 1.165) is 29.5 Å². The number of halogens is 1. The first-order chi connectivity index (χ1) is 12.4. The highest BCUT2D eigenvalue weighted by Gasteiger charge is 2.16. The number of nitro benzene ring substituents is 1. The Morgan fingerprint density at radius 2 is 1.92 bits per heavy atom. The predicted octanol–water partition coefficient (Wildman–Crippen LogP) is 3.89. The molecule has 0 aliphatic carbocycles. The van der Waals surface area contributed by atoms with Gasteiger partial charge in [0.1, 0.15) is 5.82 Å². The Balaban J connectivity index is 1.71. The number of non-ortho nitro benzene ring substituents is 1. The molecule has 1 aromatic carbocycles. The lowest BCUT2D eigenvalue weighted by atomic mass is 10.2. The van der Waals surface area contributed by atoms with Crippen molar-refractivity contribution < 1.29 is 23.3 Å². The van der Waals surface area contributed by atoms with Crippen molar-refractivity contribution in [2.24, 2.45) is 0 Å². The fourth-order valence-corrected chi connectivity index (χ4v) is 2.81. The van der Waals surface area contributed by atoms with Gasteiger partial charge in [0.2, 0.25) is 0 Å². The van der Waals surface area contributed by atoms with E-state index in [-0.39, 0.29) is 22.0 Å². The Morgan fingerprint density at radius 1 is 1.12 bits per heavy atom. The average Bonchev–Trinajstić information content (AvgIpc) is 3.28. The normalized spacial score (nSPS) is 10.3. The molecule has 2 amide bonds. The van der Waals surface area contributed by atoms with Crippen molar-refractivity contribution in [2.75, 3.05) is 10.6 Å². The molecular formula is C16H10FN3O5S. The molecule has 2 aromatic heterocycles. The highest BCUT2D eigenvalue weighted by molar-refractivity contribution is 7.18. The second-order valence-electron chi connectivity index (χ2n) is 4.97. The quantitative estimate of drug-likeness (QED) is 0.518. The van der Waals surface area contributed by atoms with Crippen LogP contribution < -0.4 is 10.6 Å². The smallest absolute Gasteiger partial charge is 0.291 e. The van der Waals surface area contributed by atoms with E-state index in [9.17, 15) is 24.1 Å². The summed E-state index contributed by atoms with van der Waals surface area (Å²) in [6.45, 7) is 0. The van der Waals surface area contributed by atoms with Crippen LogP contribution in [0.3, 0.4) is 0 Å². The molecule has 0 fully saturated rings. The number of amides is 2. The van der Waals surface area contributed by atoms with Crippen molar-refractivity contribution in [1.29, 1.82) is 0 Å². The van der Waals surface area contributed by atoms with Gasteiger partial charge < -0.3 is 15.1 Å². The van der Waals surface area contributed by atoms with Gasteiger partial charge in [-0.2, -0.15) is 0 Å². The summed E-state index contributed by atoms with van der Waals surface area (Å²) in [5, 5.41) is 16.0. The van der Waals surface area contributed by atoms with Crippen molar-refractivity contribution in [3.8, 4) is 0 Å². The molecule has 3 aromatic rings. The van der Waals surface area contributed by atoms with Crippen LogP contribution in [-0.4, -0.2) is 16.7 Å². The summed E-state index contributed by atoms with van der Waals surface area (Å²) >= 11 is 0.960. The minimum Gasteiger partial charge on any atom is -0.459 e. The van der Waals surface area contributed by atoms with E-state index < -0.39 is 22.6 Å². The molecule has 2 heterocycles. The minimum absolute atomic E-state index is 0.114. The first-order valence-electron chi connectivity index (χ1n) is 7.14. The van der Waals surface area contributed by atoms with Gasteiger partial charge in [-0.15, -0.1) is 11.3 Å². The van der Waals surface area contributed by atoms with Gasteiger partial charge in [-0.25, -0.2) is 4.39 Å². The second-order valence-corrected chi connectivity index (χ2v) is 6.05. The molecule has 8 nitrogen and oxygen atoms in total. The number of nitrogens with zero attached hydrogens (tertiary/aromatic N) is 1. The third-order valence-electron chi connectivity index (χ3n) is 3.22. The molecule has 26 heavy (non-hydrogen) atoms. The highest BCUT2D eigenvalue weighted by Crippen LogP contribution is 2.26. The maximum absolute atomic E-state index is 13.7. The largest absolute Gasteiger partial charge is 0.459 e. The average molecular weight is 375 g/mol. The lowest BCUT2D eigenvalue weighted by Gasteiger charge is -2.05. The summed E-state index contributed by atoms with van der Waals surface area (Å²) < 4.78 is 18.7. The molecule has 3 rings (SSSR count). The van der Waals surface area contributed by atoms with Gasteiger partial charge in [0.05, 0.1) is 26.8 Å². The van der Waals surface area contributed by atoms with Gasteiger partial charge in [-0.1, -0.05) is 0 Å². The van der Waals surface area contributed by atoms with Crippen LogP contribution in [0.25, 0.3) is 0 Å². The molecule has 0 atom stereocenters. The van der Waals surface area contributed by atoms with Crippen molar-refractivity contribution in [2.45, 2.75) is 0 Å². The summed E-state index contributed by atoms with van der Waals surface area (Å²) in [7, 11) is 0. The van der Waals surface area contributed by atoms with Gasteiger partial charge in [-0.3, -0.25) is 19.7 Å². The first-order valence-corrected chi connectivity index (χ1v) is 7.95. The fourth-order valence-electron chi connectivity index (χ4n) is 2.01. The minimum atomic E-state index is -0.799. The van der Waals surface area contributed by atoms with Crippen molar-refractivity contribution in [3.63, 3.8) is 0 Å². The van der Waals surface area contributed by atoms with Crippen LogP contribution >= 0.6 is 11.3 Å². The predicted molar refractivity (Wildman–Crippen MR) is 92.0 cm³/mol. The number of furan rings is 1. The van der Waals surface area contributed by atoms with E-state index in [4.69, 9.17) is 4.42 Å². The first kappa shape index (κ1) is 17.3. The Hall–Kier alpha value is -3.53. The highest BCUT2D eigenvalue weighted by atomic mass is 32.1. The van der Waals surface area contributed by atoms with Crippen LogP contribution in [0.2, 0.25) is 0 Å². The summed E-state index contributed by atoms with van der Waals surface area (Å²) in [6.07, 6.45) is 1.36. The number of hydrogen-bond acceptors (Lipinski definition) is 6. The molecule has 0 spiro atoms. The zero-order chi connectivity index (χ0) is 18.7. The topological polar surface area (TPSA) is 114 Å². The molecule has 0 radical (unpaired) electrons. The molecule has 0 saturated carbocycles. The number of benzene rings is 1. The monoisotopic (exact) mass is 375 g/mol. The van der Waals surface area contributed by atoms with E-state index >= 15 is 0 Å². The second kappa shape index (κ2) is 7.15. The van der Waals surface area contributed by atoms with Gasteiger partial charge in [-0.05, 0) is 30.3 Å². The number of thiophene rings is 1. The number of carbonyl (C=O) groups is 2. The Bertz CT molecular complexity index is 984. The van der Waals surface area contributed by atoms with Gasteiger partial charge in [0.15, 0.2) is 5.76 Å². The maximum atomic E-state index is 13.7. The number of nitrogens with one attached hydrogen (secondary N) is 2. The van der Waals surface area contributed by atoms with Crippen LogP contribution in [0.15, 0.2) is 53.1 Å². The van der Waals surface area contributed by atoms with E-state index in [1.807, 2.05) is 0 Å². The zero-order valence-corrected chi connectivity index (χ0v) is 13.7.